The van der Waals surface area contributed by atoms with Gasteiger partial charge in [0.2, 0.25) is 0 Å². The van der Waals surface area contributed by atoms with Crippen LogP contribution in [-0.4, -0.2) is 18.1 Å². The number of methoxy groups -OCH3 is 1. The molecule has 1 aromatic carbocycles. The molecule has 0 unspecified atom stereocenters. The molecule has 4 nitrogen and oxygen atoms in total. The van der Waals surface area contributed by atoms with Gasteiger partial charge in [-0.3, -0.25) is 4.98 Å². The van der Waals surface area contributed by atoms with E-state index in [1.165, 1.54) is 0 Å². The Balaban J connectivity index is 2.43. The van der Waals surface area contributed by atoms with Gasteiger partial charge in [0.1, 0.15) is 11.8 Å². The first-order valence-electron chi connectivity index (χ1n) is 6.90. The lowest BCUT2D eigenvalue weighted by molar-refractivity contribution is 0.414. The largest absolute Gasteiger partial charge is 0.497 e. The number of rotatable bonds is 5. The summed E-state index contributed by atoms with van der Waals surface area (Å²) < 4.78 is 5.30. The fourth-order valence-corrected chi connectivity index (χ4v) is 2.09. The fraction of sp³-hybridized carbons (Fsp3) is 0.294. The lowest BCUT2D eigenvalue weighted by atomic mass is 9.99. The van der Waals surface area contributed by atoms with Crippen LogP contribution in [0.25, 0.3) is 11.1 Å². The van der Waals surface area contributed by atoms with Crippen LogP contribution in [-0.2, 0) is 6.54 Å². The van der Waals surface area contributed by atoms with E-state index in [2.05, 4.69) is 30.2 Å². The first kappa shape index (κ1) is 15.0. The van der Waals surface area contributed by atoms with Gasteiger partial charge in [-0.1, -0.05) is 19.9 Å². The summed E-state index contributed by atoms with van der Waals surface area (Å²) in [6.45, 7) is 4.95. The molecule has 0 radical (unpaired) electrons. The SMILES string of the molecule is COc1ccc(-c2cncc(C#N)c2)c(CNC(C)C)c1. The second kappa shape index (κ2) is 6.87. The van der Waals surface area contributed by atoms with Gasteiger partial charge in [-0.15, -0.1) is 0 Å². The number of hydrogen-bond acceptors (Lipinski definition) is 4. The van der Waals surface area contributed by atoms with Crippen LogP contribution in [0.1, 0.15) is 25.0 Å². The van der Waals surface area contributed by atoms with Crippen LogP contribution in [0.5, 0.6) is 5.75 Å². The first-order valence-corrected chi connectivity index (χ1v) is 6.90. The summed E-state index contributed by atoms with van der Waals surface area (Å²) >= 11 is 0. The van der Waals surface area contributed by atoms with Crippen molar-refractivity contribution in [3.63, 3.8) is 0 Å². The Bertz CT molecular complexity index is 659. The van der Waals surface area contributed by atoms with Gasteiger partial charge in [0.05, 0.1) is 12.7 Å². The summed E-state index contributed by atoms with van der Waals surface area (Å²) in [5, 5.41) is 12.4. The molecular formula is C17H19N3O. The van der Waals surface area contributed by atoms with E-state index >= 15 is 0 Å². The van der Waals surface area contributed by atoms with Crippen molar-refractivity contribution in [1.29, 1.82) is 5.26 Å². The summed E-state index contributed by atoms with van der Waals surface area (Å²) in [6.07, 6.45) is 3.35. The van der Waals surface area contributed by atoms with Gasteiger partial charge >= 0.3 is 0 Å². The van der Waals surface area contributed by atoms with Crippen LogP contribution in [0.4, 0.5) is 0 Å². The summed E-state index contributed by atoms with van der Waals surface area (Å²) in [6, 6.07) is 10.3. The van der Waals surface area contributed by atoms with E-state index in [1.807, 2.05) is 24.3 Å². The number of nitrogens with zero attached hydrogens (tertiary/aromatic N) is 2. The minimum absolute atomic E-state index is 0.396. The zero-order chi connectivity index (χ0) is 15.2. The Kier molecular flexibility index (Phi) is 4.91. The molecule has 2 aromatic rings. The predicted molar refractivity (Wildman–Crippen MR) is 82.9 cm³/mol. The number of nitrogens with one attached hydrogen (secondary N) is 1. The molecule has 0 atom stereocenters. The minimum atomic E-state index is 0.396. The van der Waals surface area contributed by atoms with Crippen molar-refractivity contribution in [2.24, 2.45) is 0 Å². The number of pyridine rings is 1. The molecular weight excluding hydrogens is 262 g/mol. The van der Waals surface area contributed by atoms with Crippen LogP contribution >= 0.6 is 0 Å². The molecule has 0 bridgehead atoms. The maximum absolute atomic E-state index is 9.01. The Morgan fingerprint density at radius 2 is 2.10 bits per heavy atom. The Labute approximate surface area is 125 Å². The lowest BCUT2D eigenvalue weighted by Crippen LogP contribution is -2.22. The summed E-state index contributed by atoms with van der Waals surface area (Å²) in [5.74, 6) is 0.823. The molecule has 0 aliphatic rings. The van der Waals surface area contributed by atoms with Crippen LogP contribution in [0.2, 0.25) is 0 Å². The molecule has 0 aliphatic heterocycles. The average Bonchev–Trinajstić information content (AvgIpc) is 2.52. The van der Waals surface area contributed by atoms with E-state index in [9.17, 15) is 0 Å². The maximum atomic E-state index is 9.01. The molecule has 4 heteroatoms. The van der Waals surface area contributed by atoms with Crippen LogP contribution in [0, 0.1) is 11.3 Å². The van der Waals surface area contributed by atoms with Gasteiger partial charge in [0, 0.05) is 30.5 Å². The molecule has 0 fully saturated rings. The minimum Gasteiger partial charge on any atom is -0.497 e. The van der Waals surface area contributed by atoms with E-state index < -0.39 is 0 Å². The zero-order valence-electron chi connectivity index (χ0n) is 12.6. The van der Waals surface area contributed by atoms with Gasteiger partial charge in [-0.2, -0.15) is 5.26 Å². The van der Waals surface area contributed by atoms with E-state index in [1.54, 1.807) is 19.5 Å². The quantitative estimate of drug-likeness (QED) is 0.914. The summed E-state index contributed by atoms with van der Waals surface area (Å²) in [5.41, 5.74) is 3.69. The van der Waals surface area contributed by atoms with Gasteiger partial charge in [-0.25, -0.2) is 0 Å². The van der Waals surface area contributed by atoms with E-state index in [0.717, 1.165) is 29.0 Å². The summed E-state index contributed by atoms with van der Waals surface area (Å²) in [4.78, 5) is 4.14. The number of hydrogen-bond donors (Lipinski definition) is 1. The highest BCUT2D eigenvalue weighted by atomic mass is 16.5. The number of ether oxygens (including phenoxy) is 1. The molecule has 0 saturated carbocycles. The molecule has 0 aliphatic carbocycles. The van der Waals surface area contributed by atoms with Crippen molar-refractivity contribution >= 4 is 0 Å². The molecule has 1 N–H and O–H groups in total. The highest BCUT2D eigenvalue weighted by Crippen LogP contribution is 2.27. The van der Waals surface area contributed by atoms with Gasteiger partial charge in [-0.05, 0) is 29.3 Å². The molecule has 2 rings (SSSR count). The van der Waals surface area contributed by atoms with Crippen molar-refractivity contribution in [2.75, 3.05) is 7.11 Å². The molecule has 1 aromatic heterocycles. The molecule has 0 amide bonds. The van der Waals surface area contributed by atoms with Crippen molar-refractivity contribution in [1.82, 2.24) is 10.3 Å². The smallest absolute Gasteiger partial charge is 0.119 e. The van der Waals surface area contributed by atoms with E-state index in [4.69, 9.17) is 10.00 Å². The highest BCUT2D eigenvalue weighted by molar-refractivity contribution is 5.68. The zero-order valence-corrected chi connectivity index (χ0v) is 12.6. The Morgan fingerprint density at radius 1 is 1.29 bits per heavy atom. The average molecular weight is 281 g/mol. The van der Waals surface area contributed by atoms with Crippen molar-refractivity contribution in [3.05, 3.63) is 47.8 Å². The van der Waals surface area contributed by atoms with Crippen LogP contribution in [0.3, 0.4) is 0 Å². The second-order valence-electron chi connectivity index (χ2n) is 5.13. The van der Waals surface area contributed by atoms with Crippen LogP contribution in [0.15, 0.2) is 36.7 Å². The highest BCUT2D eigenvalue weighted by Gasteiger charge is 2.09. The van der Waals surface area contributed by atoms with E-state index in [-0.39, 0.29) is 0 Å². The third-order valence-electron chi connectivity index (χ3n) is 3.19. The molecule has 0 spiro atoms. The van der Waals surface area contributed by atoms with Crippen molar-refractivity contribution in [3.8, 4) is 22.9 Å². The molecule has 1 heterocycles. The van der Waals surface area contributed by atoms with E-state index in [0.29, 0.717) is 11.6 Å². The normalized spacial score (nSPS) is 10.4. The Hall–Kier alpha value is -2.38. The monoisotopic (exact) mass is 281 g/mol. The molecule has 0 saturated heterocycles. The number of nitriles is 1. The van der Waals surface area contributed by atoms with Gasteiger partial charge in [0.15, 0.2) is 0 Å². The second-order valence-corrected chi connectivity index (χ2v) is 5.13. The lowest BCUT2D eigenvalue weighted by Gasteiger charge is -2.14. The number of aromatic nitrogens is 1. The third kappa shape index (κ3) is 3.80. The fourth-order valence-electron chi connectivity index (χ4n) is 2.09. The standard InChI is InChI=1S/C17H19N3O/c1-12(2)20-11-15-7-16(21-3)4-5-17(15)14-6-13(8-18)9-19-10-14/h4-7,9-10,12,20H,11H2,1-3H3. The first-order chi connectivity index (χ1) is 10.1. The number of benzene rings is 1. The van der Waals surface area contributed by atoms with Gasteiger partial charge < -0.3 is 10.1 Å². The Morgan fingerprint density at radius 3 is 2.76 bits per heavy atom. The van der Waals surface area contributed by atoms with Crippen LogP contribution < -0.4 is 10.1 Å². The third-order valence-corrected chi connectivity index (χ3v) is 3.19. The maximum Gasteiger partial charge on any atom is 0.119 e. The van der Waals surface area contributed by atoms with Gasteiger partial charge in [0.25, 0.3) is 0 Å². The van der Waals surface area contributed by atoms with Crippen molar-refractivity contribution < 1.29 is 4.74 Å². The molecule has 21 heavy (non-hydrogen) atoms. The topological polar surface area (TPSA) is 57.9 Å². The van der Waals surface area contributed by atoms with Crippen molar-refractivity contribution in [2.45, 2.75) is 26.4 Å². The summed E-state index contributed by atoms with van der Waals surface area (Å²) in [7, 11) is 1.66. The predicted octanol–water partition coefficient (Wildman–Crippen LogP) is 3.13. The molecule has 108 valence electrons.